The lowest BCUT2D eigenvalue weighted by Gasteiger charge is -2.10. The summed E-state index contributed by atoms with van der Waals surface area (Å²) in [5.74, 6) is -2.38. The molecule has 1 N–H and O–H groups in total. The highest BCUT2D eigenvalue weighted by molar-refractivity contribution is 5.93. The molecule has 0 fully saturated rings. The zero-order valence-electron chi connectivity index (χ0n) is 17.9. The average Bonchev–Trinajstić information content (AvgIpc) is 2.72. The summed E-state index contributed by atoms with van der Waals surface area (Å²) in [6.07, 6.45) is 6.92. The van der Waals surface area contributed by atoms with Gasteiger partial charge in [0.05, 0.1) is 5.56 Å². The van der Waals surface area contributed by atoms with Gasteiger partial charge in [-0.3, -0.25) is 0 Å². The standard InChI is InChI=1S/C24H26FNO5/c1-16(2)5-4-6-17(3)11-12-30-24(29)19-13-21(22(23(27)28)26-14-19)31-15-18-7-9-20(25)10-8-18/h5,7-11,13-14H,4,6,12,15H2,1-3H3,(H,27,28). The first-order chi connectivity index (χ1) is 14.8. The summed E-state index contributed by atoms with van der Waals surface area (Å²) >= 11 is 0. The van der Waals surface area contributed by atoms with Crippen LogP contribution >= 0.6 is 0 Å². The van der Waals surface area contributed by atoms with Gasteiger partial charge in [0.15, 0.2) is 11.4 Å². The summed E-state index contributed by atoms with van der Waals surface area (Å²) in [6.45, 7) is 6.15. The topological polar surface area (TPSA) is 85.7 Å². The third-order valence-electron chi connectivity index (χ3n) is 4.34. The maximum absolute atomic E-state index is 13.0. The molecule has 7 heteroatoms. The van der Waals surface area contributed by atoms with Crippen LogP contribution < -0.4 is 4.74 Å². The van der Waals surface area contributed by atoms with E-state index in [0.29, 0.717) is 5.56 Å². The van der Waals surface area contributed by atoms with Crippen molar-refractivity contribution in [2.75, 3.05) is 6.61 Å². The number of rotatable bonds is 10. The first-order valence-corrected chi connectivity index (χ1v) is 9.83. The molecule has 0 aliphatic rings. The van der Waals surface area contributed by atoms with E-state index in [0.717, 1.165) is 24.6 Å². The van der Waals surface area contributed by atoms with Crippen molar-refractivity contribution < 1.29 is 28.6 Å². The van der Waals surface area contributed by atoms with Gasteiger partial charge in [0, 0.05) is 6.20 Å². The zero-order valence-corrected chi connectivity index (χ0v) is 17.9. The number of carboxylic acids is 1. The van der Waals surface area contributed by atoms with Crippen LogP contribution in [0.3, 0.4) is 0 Å². The Balaban J connectivity index is 2.02. The normalized spacial score (nSPS) is 11.0. The Morgan fingerprint density at radius 1 is 1.13 bits per heavy atom. The van der Waals surface area contributed by atoms with Crippen molar-refractivity contribution in [2.45, 2.75) is 40.2 Å². The molecule has 6 nitrogen and oxygen atoms in total. The number of esters is 1. The van der Waals surface area contributed by atoms with Crippen LogP contribution in [0.1, 0.15) is 60.0 Å². The molecule has 0 aliphatic carbocycles. The number of hydrogen-bond donors (Lipinski definition) is 1. The lowest BCUT2D eigenvalue weighted by molar-refractivity contribution is 0.0545. The van der Waals surface area contributed by atoms with Crippen LogP contribution in [0.2, 0.25) is 0 Å². The van der Waals surface area contributed by atoms with Crippen molar-refractivity contribution in [2.24, 2.45) is 0 Å². The van der Waals surface area contributed by atoms with Gasteiger partial charge >= 0.3 is 11.9 Å². The van der Waals surface area contributed by atoms with E-state index in [2.05, 4.69) is 11.1 Å². The highest BCUT2D eigenvalue weighted by Crippen LogP contribution is 2.20. The minimum atomic E-state index is -1.29. The first kappa shape index (κ1) is 23.8. The zero-order chi connectivity index (χ0) is 22.8. The summed E-state index contributed by atoms with van der Waals surface area (Å²) in [4.78, 5) is 27.6. The number of pyridine rings is 1. The smallest absolute Gasteiger partial charge is 0.358 e. The number of ether oxygens (including phenoxy) is 2. The van der Waals surface area contributed by atoms with Crippen LogP contribution in [0, 0.1) is 5.82 Å². The van der Waals surface area contributed by atoms with Gasteiger partial charge in [-0.15, -0.1) is 0 Å². The van der Waals surface area contributed by atoms with Crippen molar-refractivity contribution in [1.29, 1.82) is 0 Å². The second-order valence-corrected chi connectivity index (χ2v) is 7.26. The number of allylic oxidation sites excluding steroid dienone is 3. The van der Waals surface area contributed by atoms with Crippen LogP contribution in [-0.2, 0) is 11.3 Å². The first-order valence-electron chi connectivity index (χ1n) is 9.83. The number of aromatic carboxylic acids is 1. The Morgan fingerprint density at radius 2 is 1.84 bits per heavy atom. The minimum absolute atomic E-state index is 0.00560. The monoisotopic (exact) mass is 427 g/mol. The SMILES string of the molecule is CC(C)=CCCC(C)=CCOC(=O)c1cnc(C(=O)O)c(OCc2ccc(F)cc2)c1. The van der Waals surface area contributed by atoms with Gasteiger partial charge in [-0.25, -0.2) is 19.0 Å². The van der Waals surface area contributed by atoms with E-state index in [1.165, 1.54) is 35.9 Å². The molecule has 1 aromatic heterocycles. The summed E-state index contributed by atoms with van der Waals surface area (Å²) in [5, 5.41) is 9.32. The molecular weight excluding hydrogens is 401 g/mol. The van der Waals surface area contributed by atoms with Crippen molar-refractivity contribution in [3.8, 4) is 5.75 Å². The molecule has 0 saturated heterocycles. The predicted molar refractivity (Wildman–Crippen MR) is 115 cm³/mol. The Kier molecular flexibility index (Phi) is 8.94. The highest BCUT2D eigenvalue weighted by atomic mass is 19.1. The molecule has 0 unspecified atom stereocenters. The molecule has 0 spiro atoms. The molecule has 0 radical (unpaired) electrons. The molecule has 1 heterocycles. The largest absolute Gasteiger partial charge is 0.486 e. The van der Waals surface area contributed by atoms with E-state index in [-0.39, 0.29) is 36.0 Å². The van der Waals surface area contributed by atoms with E-state index in [1.807, 2.05) is 26.8 Å². The number of hydrogen-bond acceptors (Lipinski definition) is 5. The molecular formula is C24H26FNO5. The van der Waals surface area contributed by atoms with Crippen molar-refractivity contribution in [1.82, 2.24) is 4.98 Å². The Labute approximate surface area is 181 Å². The second-order valence-electron chi connectivity index (χ2n) is 7.26. The fourth-order valence-corrected chi connectivity index (χ4v) is 2.60. The van der Waals surface area contributed by atoms with Crippen LogP contribution in [0.15, 0.2) is 59.8 Å². The van der Waals surface area contributed by atoms with Crippen molar-refractivity contribution >= 4 is 11.9 Å². The van der Waals surface area contributed by atoms with E-state index in [1.54, 1.807) is 0 Å². The van der Waals surface area contributed by atoms with Crippen LogP contribution in [-0.4, -0.2) is 28.6 Å². The molecule has 31 heavy (non-hydrogen) atoms. The third-order valence-corrected chi connectivity index (χ3v) is 4.34. The van der Waals surface area contributed by atoms with Crippen molar-refractivity contribution in [3.05, 3.63) is 82.5 Å². The third kappa shape index (κ3) is 8.04. The van der Waals surface area contributed by atoms with Gasteiger partial charge in [0.1, 0.15) is 19.0 Å². The molecule has 2 rings (SSSR count). The molecule has 0 amide bonds. The summed E-state index contributed by atoms with van der Waals surface area (Å²) in [5.41, 5.74) is 2.75. The average molecular weight is 427 g/mol. The maximum Gasteiger partial charge on any atom is 0.358 e. The number of nitrogens with zero attached hydrogens (tertiary/aromatic N) is 1. The van der Waals surface area contributed by atoms with Gasteiger partial charge in [-0.2, -0.15) is 0 Å². The molecule has 0 atom stereocenters. The van der Waals surface area contributed by atoms with E-state index in [4.69, 9.17) is 9.47 Å². The Morgan fingerprint density at radius 3 is 2.48 bits per heavy atom. The lowest BCUT2D eigenvalue weighted by Crippen LogP contribution is -2.11. The fourth-order valence-electron chi connectivity index (χ4n) is 2.60. The van der Waals surface area contributed by atoms with Gasteiger partial charge in [-0.05, 0) is 63.5 Å². The number of halogens is 1. The van der Waals surface area contributed by atoms with Crippen LogP contribution in [0.5, 0.6) is 5.75 Å². The van der Waals surface area contributed by atoms with Gasteiger partial charge in [0.2, 0.25) is 0 Å². The lowest BCUT2D eigenvalue weighted by atomic mass is 10.1. The van der Waals surface area contributed by atoms with E-state index in [9.17, 15) is 19.1 Å². The number of aromatic nitrogens is 1. The summed E-state index contributed by atoms with van der Waals surface area (Å²) in [7, 11) is 0. The molecule has 0 aliphatic heterocycles. The molecule has 0 saturated carbocycles. The van der Waals surface area contributed by atoms with Gasteiger partial charge in [-0.1, -0.05) is 29.4 Å². The molecule has 0 bridgehead atoms. The maximum atomic E-state index is 13.0. The van der Waals surface area contributed by atoms with E-state index < -0.39 is 11.9 Å². The van der Waals surface area contributed by atoms with Crippen LogP contribution in [0.4, 0.5) is 4.39 Å². The number of carbonyl (C=O) groups is 2. The summed E-state index contributed by atoms with van der Waals surface area (Å²) < 4.78 is 23.8. The highest BCUT2D eigenvalue weighted by Gasteiger charge is 2.18. The fraction of sp³-hybridized carbons (Fsp3) is 0.292. The molecule has 1 aromatic carbocycles. The van der Waals surface area contributed by atoms with Crippen molar-refractivity contribution in [3.63, 3.8) is 0 Å². The number of carboxylic acid groups (broad SMARTS) is 1. The van der Waals surface area contributed by atoms with Crippen LogP contribution in [0.25, 0.3) is 0 Å². The number of carbonyl (C=O) groups excluding carboxylic acids is 1. The van der Waals surface area contributed by atoms with Gasteiger partial charge in [0.25, 0.3) is 0 Å². The van der Waals surface area contributed by atoms with E-state index >= 15 is 0 Å². The number of benzene rings is 1. The second kappa shape index (κ2) is 11.6. The predicted octanol–water partition coefficient (Wildman–Crippen LogP) is 5.35. The molecule has 164 valence electrons. The Bertz CT molecular complexity index is 976. The minimum Gasteiger partial charge on any atom is -0.486 e. The molecule has 2 aromatic rings. The summed E-state index contributed by atoms with van der Waals surface area (Å²) in [6, 6.07) is 6.88. The van der Waals surface area contributed by atoms with Gasteiger partial charge < -0.3 is 14.6 Å². The quantitative estimate of drug-likeness (QED) is 0.406. The Hall–Kier alpha value is -3.48.